The van der Waals surface area contributed by atoms with Gasteiger partial charge in [-0.1, -0.05) is 17.5 Å². The van der Waals surface area contributed by atoms with Gasteiger partial charge in [0.1, 0.15) is 12.2 Å². The summed E-state index contributed by atoms with van der Waals surface area (Å²) in [4.78, 5) is 12.1. The fourth-order valence-electron chi connectivity index (χ4n) is 2.12. The second-order valence-electron chi connectivity index (χ2n) is 4.52. The van der Waals surface area contributed by atoms with Crippen LogP contribution in [0.4, 0.5) is 5.69 Å². The van der Waals surface area contributed by atoms with Crippen LogP contribution in [0.25, 0.3) is 0 Å². The van der Waals surface area contributed by atoms with E-state index in [1.54, 1.807) is 0 Å². The molecule has 0 bridgehead atoms. The molecule has 2 unspecified atom stereocenters. The van der Waals surface area contributed by atoms with Gasteiger partial charge in [0.2, 0.25) is 0 Å². The number of hydrogen-bond acceptors (Lipinski definition) is 4. The van der Waals surface area contributed by atoms with Crippen molar-refractivity contribution in [2.45, 2.75) is 38.5 Å². The monoisotopic (exact) mass is 281 g/mol. The molecule has 1 aromatic rings. The molecule has 0 saturated carbocycles. The molecule has 2 heterocycles. The summed E-state index contributed by atoms with van der Waals surface area (Å²) >= 11 is 6.02. The van der Waals surface area contributed by atoms with Gasteiger partial charge in [0.25, 0.3) is 5.56 Å². The van der Waals surface area contributed by atoms with Crippen molar-refractivity contribution in [1.29, 1.82) is 0 Å². The van der Waals surface area contributed by atoms with Crippen LogP contribution < -0.4 is 10.9 Å². The number of halogens is 1. The molecule has 2 atom stereocenters. The molecule has 1 fully saturated rings. The molecule has 1 aliphatic heterocycles. The second-order valence-corrected chi connectivity index (χ2v) is 4.93. The maximum absolute atomic E-state index is 12.1. The fourth-order valence-corrected chi connectivity index (χ4v) is 2.29. The molecule has 19 heavy (non-hydrogen) atoms. The minimum Gasteiger partial charge on any atom is -0.376 e. The number of terminal acetylenes is 1. The molecule has 0 radical (unpaired) electrons. The lowest BCUT2D eigenvalue weighted by Crippen LogP contribution is -2.34. The molecule has 1 N–H and O–H groups in total. The normalized spacial score (nSPS) is 19.9. The van der Waals surface area contributed by atoms with Gasteiger partial charge < -0.3 is 10.1 Å². The lowest BCUT2D eigenvalue weighted by atomic mass is 10.1. The van der Waals surface area contributed by atoms with Gasteiger partial charge in [-0.05, 0) is 19.8 Å². The number of anilines is 1. The first kappa shape index (κ1) is 13.9. The van der Waals surface area contributed by atoms with Crippen molar-refractivity contribution in [3.8, 4) is 12.3 Å². The highest BCUT2D eigenvalue weighted by atomic mass is 35.5. The van der Waals surface area contributed by atoms with E-state index in [0.717, 1.165) is 19.4 Å². The summed E-state index contributed by atoms with van der Waals surface area (Å²) in [5.41, 5.74) is 0.0187. The standard InChI is InChI=1S/C13H16ClN3O2/c1-3-6-17-13(18)12(10(14)8-15-17)16-9(2)11-5-4-7-19-11/h1,8-9,11,16H,4-7H2,2H3. The number of nitrogens with one attached hydrogen (secondary N) is 1. The first-order valence-electron chi connectivity index (χ1n) is 6.20. The number of ether oxygens (including phenoxy) is 1. The van der Waals surface area contributed by atoms with Crippen LogP contribution in [0.5, 0.6) is 0 Å². The third-order valence-electron chi connectivity index (χ3n) is 3.13. The highest BCUT2D eigenvalue weighted by molar-refractivity contribution is 6.33. The first-order valence-corrected chi connectivity index (χ1v) is 6.58. The lowest BCUT2D eigenvalue weighted by molar-refractivity contribution is 0.0996. The SMILES string of the molecule is C#CCn1ncc(Cl)c(NC(C)C2CCCO2)c1=O. The van der Waals surface area contributed by atoms with Crippen molar-refractivity contribution in [3.63, 3.8) is 0 Å². The van der Waals surface area contributed by atoms with Crippen molar-refractivity contribution >= 4 is 17.3 Å². The van der Waals surface area contributed by atoms with E-state index >= 15 is 0 Å². The lowest BCUT2D eigenvalue weighted by Gasteiger charge is -2.21. The van der Waals surface area contributed by atoms with Gasteiger partial charge in [-0.25, -0.2) is 4.68 Å². The highest BCUT2D eigenvalue weighted by Crippen LogP contribution is 2.21. The van der Waals surface area contributed by atoms with E-state index in [0.29, 0.717) is 10.7 Å². The van der Waals surface area contributed by atoms with E-state index < -0.39 is 0 Å². The third-order valence-corrected chi connectivity index (χ3v) is 3.42. The van der Waals surface area contributed by atoms with Gasteiger partial charge in [0.15, 0.2) is 0 Å². The van der Waals surface area contributed by atoms with Crippen molar-refractivity contribution in [2.24, 2.45) is 0 Å². The Labute approximate surface area is 116 Å². The number of nitrogens with zero attached hydrogens (tertiary/aromatic N) is 2. The predicted molar refractivity (Wildman–Crippen MR) is 74.4 cm³/mol. The molecule has 1 aromatic heterocycles. The molecule has 0 amide bonds. The molecular formula is C13H16ClN3O2. The maximum atomic E-state index is 12.1. The summed E-state index contributed by atoms with van der Waals surface area (Å²) < 4.78 is 6.79. The molecule has 1 aliphatic rings. The van der Waals surface area contributed by atoms with Crippen LogP contribution >= 0.6 is 11.6 Å². The zero-order valence-corrected chi connectivity index (χ0v) is 11.5. The minimum absolute atomic E-state index is 0.00869. The Balaban J connectivity index is 2.21. The smallest absolute Gasteiger partial charge is 0.292 e. The van der Waals surface area contributed by atoms with Crippen LogP contribution in [0.1, 0.15) is 19.8 Å². The van der Waals surface area contributed by atoms with Crippen molar-refractivity contribution in [3.05, 3.63) is 21.6 Å². The van der Waals surface area contributed by atoms with E-state index in [4.69, 9.17) is 22.8 Å². The van der Waals surface area contributed by atoms with Gasteiger partial charge in [0, 0.05) is 12.6 Å². The fraction of sp³-hybridized carbons (Fsp3) is 0.538. The number of rotatable bonds is 4. The van der Waals surface area contributed by atoms with Crippen LogP contribution in [0.15, 0.2) is 11.0 Å². The predicted octanol–water partition coefficient (Wildman–Crippen LogP) is 1.51. The largest absolute Gasteiger partial charge is 0.376 e. The molecule has 0 aliphatic carbocycles. The second kappa shape index (κ2) is 6.09. The van der Waals surface area contributed by atoms with Crippen molar-refractivity contribution in [2.75, 3.05) is 11.9 Å². The minimum atomic E-state index is -0.310. The maximum Gasteiger partial charge on any atom is 0.292 e. The molecule has 5 nitrogen and oxygen atoms in total. The van der Waals surface area contributed by atoms with Crippen molar-refractivity contribution in [1.82, 2.24) is 9.78 Å². The zero-order chi connectivity index (χ0) is 13.8. The van der Waals surface area contributed by atoms with Gasteiger partial charge in [-0.3, -0.25) is 4.79 Å². The van der Waals surface area contributed by atoms with Gasteiger partial charge in [0.05, 0.1) is 17.3 Å². The Kier molecular flexibility index (Phi) is 4.46. The van der Waals surface area contributed by atoms with Crippen LogP contribution in [-0.4, -0.2) is 28.5 Å². The van der Waals surface area contributed by atoms with E-state index in [-0.39, 0.29) is 24.2 Å². The summed E-state index contributed by atoms with van der Waals surface area (Å²) in [6.07, 6.45) is 8.74. The average Bonchev–Trinajstić information content (AvgIpc) is 2.92. The summed E-state index contributed by atoms with van der Waals surface area (Å²) in [6.45, 7) is 2.86. The molecule has 0 aromatic carbocycles. The summed E-state index contributed by atoms with van der Waals surface area (Å²) in [5, 5.41) is 7.31. The van der Waals surface area contributed by atoms with Gasteiger partial charge >= 0.3 is 0 Å². The van der Waals surface area contributed by atoms with E-state index in [2.05, 4.69) is 16.3 Å². The van der Waals surface area contributed by atoms with E-state index in [1.807, 2.05) is 6.92 Å². The summed E-state index contributed by atoms with van der Waals surface area (Å²) in [6, 6.07) is 0.00869. The summed E-state index contributed by atoms with van der Waals surface area (Å²) in [5.74, 6) is 2.38. The Bertz CT molecular complexity index is 544. The highest BCUT2D eigenvalue weighted by Gasteiger charge is 2.24. The molecule has 6 heteroatoms. The molecule has 0 spiro atoms. The molecule has 102 valence electrons. The van der Waals surface area contributed by atoms with E-state index in [1.165, 1.54) is 10.9 Å². The van der Waals surface area contributed by atoms with Gasteiger partial charge in [-0.15, -0.1) is 6.42 Å². The van der Waals surface area contributed by atoms with Gasteiger partial charge in [-0.2, -0.15) is 5.10 Å². The Morgan fingerprint density at radius 1 is 1.79 bits per heavy atom. The van der Waals surface area contributed by atoms with Crippen molar-refractivity contribution < 1.29 is 4.74 Å². The first-order chi connectivity index (χ1) is 9.13. The Hall–Kier alpha value is -1.51. The average molecular weight is 282 g/mol. The van der Waals surface area contributed by atoms with Crippen LogP contribution in [0.3, 0.4) is 0 Å². The Morgan fingerprint density at radius 2 is 2.58 bits per heavy atom. The van der Waals surface area contributed by atoms with Crippen LogP contribution in [0, 0.1) is 12.3 Å². The Morgan fingerprint density at radius 3 is 3.21 bits per heavy atom. The molecule has 2 rings (SSSR count). The quantitative estimate of drug-likeness (QED) is 0.850. The number of aromatic nitrogens is 2. The number of hydrogen-bond donors (Lipinski definition) is 1. The van der Waals surface area contributed by atoms with Crippen LogP contribution in [0.2, 0.25) is 5.02 Å². The molecular weight excluding hydrogens is 266 g/mol. The topological polar surface area (TPSA) is 56.1 Å². The third kappa shape index (κ3) is 3.09. The summed E-state index contributed by atoms with van der Waals surface area (Å²) in [7, 11) is 0. The van der Waals surface area contributed by atoms with E-state index in [9.17, 15) is 4.79 Å². The zero-order valence-electron chi connectivity index (χ0n) is 10.7. The van der Waals surface area contributed by atoms with Crippen LogP contribution in [-0.2, 0) is 11.3 Å². The molecule has 1 saturated heterocycles.